The Labute approximate surface area is 108 Å². The Hall–Kier alpha value is 0.960. The Morgan fingerprint density at radius 2 is 2.33 bits per heavy atom. The van der Waals surface area contributed by atoms with E-state index in [1.807, 2.05) is 0 Å². The fourth-order valence-electron chi connectivity index (χ4n) is 1.72. The molecule has 3 nitrogen and oxygen atoms in total. The quantitative estimate of drug-likeness (QED) is 0.545. The van der Waals surface area contributed by atoms with Gasteiger partial charge >= 0.3 is 0 Å². The van der Waals surface area contributed by atoms with E-state index in [0.717, 1.165) is 39.1 Å². The van der Waals surface area contributed by atoms with Crippen LogP contribution in [0.15, 0.2) is 0 Å². The number of halogens is 1. The van der Waals surface area contributed by atoms with Crippen LogP contribution in [0.3, 0.4) is 0 Å². The van der Waals surface area contributed by atoms with Crippen molar-refractivity contribution in [1.82, 2.24) is 0 Å². The van der Waals surface area contributed by atoms with Crippen LogP contribution < -0.4 is 0 Å². The number of rotatable bonds is 6. The summed E-state index contributed by atoms with van der Waals surface area (Å²) in [5.74, 6) is 0. The van der Waals surface area contributed by atoms with Gasteiger partial charge in [0.1, 0.15) is 0 Å². The number of hydrogen-bond donors (Lipinski definition) is 0. The van der Waals surface area contributed by atoms with Gasteiger partial charge in [-0.2, -0.15) is 0 Å². The molecule has 90 valence electrons. The highest BCUT2D eigenvalue weighted by Crippen LogP contribution is 2.28. The Kier molecular flexibility index (Phi) is 6.84. The Morgan fingerprint density at radius 1 is 1.53 bits per heavy atom. The first-order chi connectivity index (χ1) is 7.22. The molecule has 1 saturated heterocycles. The maximum atomic E-state index is 5.85. The lowest BCUT2D eigenvalue weighted by atomic mass is 9.93. The summed E-state index contributed by atoms with van der Waals surface area (Å²) >= 11 is 2.15. The van der Waals surface area contributed by atoms with Gasteiger partial charge in [0.25, 0.3) is 0 Å². The molecule has 0 aromatic carbocycles. The fourth-order valence-corrected chi connectivity index (χ4v) is 3.00. The third-order valence-electron chi connectivity index (χ3n) is 2.85. The molecule has 1 heterocycles. The van der Waals surface area contributed by atoms with Crippen LogP contribution in [0.2, 0.25) is 0 Å². The third-order valence-corrected chi connectivity index (χ3v) is 3.88. The molecule has 2 atom stereocenters. The van der Waals surface area contributed by atoms with Crippen molar-refractivity contribution in [3.8, 4) is 0 Å². The second-order valence-corrected chi connectivity index (χ2v) is 5.34. The zero-order valence-electron chi connectivity index (χ0n) is 9.33. The number of hydrogen-bond acceptors (Lipinski definition) is 4. The smallest absolute Gasteiger partial charge is 0.0914 e. The van der Waals surface area contributed by atoms with Crippen LogP contribution in [-0.2, 0) is 13.7 Å². The predicted molar refractivity (Wildman–Crippen MR) is 71.2 cm³/mol. The van der Waals surface area contributed by atoms with Crippen LogP contribution in [0.25, 0.3) is 0 Å². The molecule has 1 rings (SSSR count). The minimum Gasteiger partial charge on any atom is -0.376 e. The van der Waals surface area contributed by atoms with Gasteiger partial charge in [0.2, 0.25) is 0 Å². The summed E-state index contributed by atoms with van der Waals surface area (Å²) in [6, 6.07) is 0. The Bertz CT molecular complexity index is 174. The average Bonchev–Trinajstić information content (AvgIpc) is 2.28. The molecular formula is C10H19IO3S. The molecule has 2 unspecified atom stereocenters. The zero-order chi connectivity index (χ0) is 11.1. The molecular weight excluding hydrogens is 327 g/mol. The maximum absolute atomic E-state index is 5.85. The normalized spacial score (nSPS) is 29.0. The van der Waals surface area contributed by atoms with Crippen LogP contribution in [0.5, 0.6) is 0 Å². The van der Waals surface area contributed by atoms with E-state index in [2.05, 4.69) is 35.1 Å². The zero-order valence-corrected chi connectivity index (χ0v) is 12.3. The summed E-state index contributed by atoms with van der Waals surface area (Å²) in [5, 5.41) is 0. The van der Waals surface area contributed by atoms with Crippen LogP contribution >= 0.6 is 30.4 Å². The second-order valence-electron chi connectivity index (χ2n) is 3.95. The first-order valence-electron chi connectivity index (χ1n) is 5.38. The van der Waals surface area contributed by atoms with E-state index in [1.54, 1.807) is 0 Å². The Balaban J connectivity index is 2.32. The van der Waals surface area contributed by atoms with Crippen molar-refractivity contribution >= 4 is 30.4 Å². The van der Waals surface area contributed by atoms with Gasteiger partial charge in [0.15, 0.2) is 0 Å². The second kappa shape index (κ2) is 7.32. The monoisotopic (exact) mass is 346 g/mol. The largest absolute Gasteiger partial charge is 0.376 e. The van der Waals surface area contributed by atoms with Crippen molar-refractivity contribution in [2.75, 3.05) is 19.8 Å². The van der Waals surface area contributed by atoms with Crippen molar-refractivity contribution in [1.29, 1.82) is 0 Å². The van der Waals surface area contributed by atoms with Gasteiger partial charge in [-0.15, -0.1) is 0 Å². The van der Waals surface area contributed by atoms with Gasteiger partial charge in [0, 0.05) is 21.2 Å². The summed E-state index contributed by atoms with van der Waals surface area (Å²) in [7, 11) is 1.40. The summed E-state index contributed by atoms with van der Waals surface area (Å²) in [5.41, 5.74) is -0.0637. The van der Waals surface area contributed by atoms with Gasteiger partial charge in [-0.25, -0.2) is 0 Å². The molecule has 0 aliphatic carbocycles. The first kappa shape index (κ1) is 14.0. The van der Waals surface area contributed by atoms with E-state index in [0.29, 0.717) is 0 Å². The van der Waals surface area contributed by atoms with Crippen molar-refractivity contribution in [3.63, 3.8) is 0 Å². The van der Waals surface area contributed by atoms with E-state index >= 15 is 0 Å². The highest BCUT2D eigenvalue weighted by atomic mass is 127. The number of ether oxygens (including phenoxy) is 2. The highest BCUT2D eigenvalue weighted by Gasteiger charge is 2.32. The van der Waals surface area contributed by atoms with E-state index in [-0.39, 0.29) is 11.7 Å². The molecule has 0 saturated carbocycles. The molecule has 1 aliphatic heterocycles. The van der Waals surface area contributed by atoms with Crippen LogP contribution in [0.4, 0.5) is 0 Å². The summed E-state index contributed by atoms with van der Waals surface area (Å²) < 4.78 is 16.8. The highest BCUT2D eigenvalue weighted by molar-refractivity contribution is 14.2. The summed E-state index contributed by atoms with van der Waals surface area (Å²) in [6.45, 7) is 6.45. The standard InChI is InChI=1S/C10H19IO3S/c1-3-10(8-12-6-7-13-10)5-4-9(2)14-15-11/h9H,3-8H2,1-2H3. The van der Waals surface area contributed by atoms with E-state index in [4.69, 9.17) is 13.7 Å². The molecule has 5 heteroatoms. The molecule has 0 aromatic heterocycles. The van der Waals surface area contributed by atoms with E-state index in [1.165, 1.54) is 9.21 Å². The molecule has 0 amide bonds. The van der Waals surface area contributed by atoms with E-state index < -0.39 is 0 Å². The summed E-state index contributed by atoms with van der Waals surface area (Å²) in [4.78, 5) is 0. The van der Waals surface area contributed by atoms with Gasteiger partial charge in [-0.05, 0) is 26.2 Å². The molecule has 0 bridgehead atoms. The third kappa shape index (κ3) is 4.77. The van der Waals surface area contributed by atoms with Gasteiger partial charge in [-0.1, -0.05) is 6.92 Å². The molecule has 0 N–H and O–H groups in total. The summed E-state index contributed by atoms with van der Waals surface area (Å²) in [6.07, 6.45) is 3.33. The van der Waals surface area contributed by atoms with Crippen molar-refractivity contribution < 1.29 is 13.7 Å². The lowest BCUT2D eigenvalue weighted by Gasteiger charge is -2.36. The van der Waals surface area contributed by atoms with Crippen LogP contribution in [-0.4, -0.2) is 31.5 Å². The lowest BCUT2D eigenvalue weighted by molar-refractivity contribution is -0.163. The maximum Gasteiger partial charge on any atom is 0.0914 e. The molecule has 0 spiro atoms. The Morgan fingerprint density at radius 3 is 2.87 bits per heavy atom. The topological polar surface area (TPSA) is 27.7 Å². The SMILES string of the molecule is CCC1(CCC(C)OSI)COCCO1. The fraction of sp³-hybridized carbons (Fsp3) is 1.00. The molecule has 15 heavy (non-hydrogen) atoms. The van der Waals surface area contributed by atoms with Gasteiger partial charge in [0.05, 0.1) is 40.7 Å². The first-order valence-corrected chi connectivity index (χ1v) is 8.66. The van der Waals surface area contributed by atoms with Gasteiger partial charge < -0.3 is 13.7 Å². The van der Waals surface area contributed by atoms with Crippen molar-refractivity contribution in [2.24, 2.45) is 0 Å². The lowest BCUT2D eigenvalue weighted by Crippen LogP contribution is -2.43. The van der Waals surface area contributed by atoms with Crippen molar-refractivity contribution in [3.05, 3.63) is 0 Å². The average molecular weight is 346 g/mol. The van der Waals surface area contributed by atoms with Crippen LogP contribution in [0.1, 0.15) is 33.1 Å². The molecule has 0 radical (unpaired) electrons. The predicted octanol–water partition coefficient (Wildman–Crippen LogP) is 3.37. The molecule has 1 fully saturated rings. The van der Waals surface area contributed by atoms with Gasteiger partial charge in [-0.3, -0.25) is 0 Å². The van der Waals surface area contributed by atoms with Crippen LogP contribution in [0, 0.1) is 0 Å². The minimum absolute atomic E-state index is 0.0637. The minimum atomic E-state index is -0.0637. The molecule has 0 aromatic rings. The van der Waals surface area contributed by atoms with Crippen molar-refractivity contribution in [2.45, 2.75) is 44.8 Å². The molecule has 1 aliphatic rings. The van der Waals surface area contributed by atoms with E-state index in [9.17, 15) is 0 Å².